The van der Waals surface area contributed by atoms with Gasteiger partial charge in [-0.15, -0.1) is 0 Å². The third kappa shape index (κ3) is 5.41. The highest BCUT2D eigenvalue weighted by atomic mass is 19.4. The third-order valence-electron chi connectivity index (χ3n) is 6.64. The summed E-state index contributed by atoms with van der Waals surface area (Å²) in [6.45, 7) is -0.886. The van der Waals surface area contributed by atoms with Gasteiger partial charge in [0.15, 0.2) is 5.92 Å². The van der Waals surface area contributed by atoms with Crippen molar-refractivity contribution >= 4 is 18.0 Å². The summed E-state index contributed by atoms with van der Waals surface area (Å²) in [7, 11) is 0. The lowest BCUT2D eigenvalue weighted by Gasteiger charge is -2.18. The van der Waals surface area contributed by atoms with Gasteiger partial charge < -0.3 is 20.5 Å². The Labute approximate surface area is 199 Å². The number of hydrogen-bond donors (Lipinski definition) is 3. The van der Waals surface area contributed by atoms with Crippen LogP contribution in [0.2, 0.25) is 0 Å². The maximum absolute atomic E-state index is 12.8. The number of carboxylic acids is 1. The van der Waals surface area contributed by atoms with Crippen LogP contribution in [0.5, 0.6) is 0 Å². The first-order chi connectivity index (χ1) is 16.6. The average molecular weight is 490 g/mol. The summed E-state index contributed by atoms with van der Waals surface area (Å²) in [6, 6.07) is 15.5. The van der Waals surface area contributed by atoms with Crippen molar-refractivity contribution in [3.63, 3.8) is 0 Å². The number of amides is 2. The Balaban J connectivity index is 1.27. The maximum atomic E-state index is 12.8. The molecule has 35 heavy (non-hydrogen) atoms. The van der Waals surface area contributed by atoms with E-state index in [0.29, 0.717) is 12.8 Å². The van der Waals surface area contributed by atoms with Gasteiger partial charge in [-0.05, 0) is 41.5 Å². The van der Waals surface area contributed by atoms with Gasteiger partial charge in [-0.1, -0.05) is 48.5 Å². The van der Waals surface area contributed by atoms with Crippen LogP contribution in [-0.2, 0) is 14.3 Å². The lowest BCUT2D eigenvalue weighted by Crippen LogP contribution is -2.43. The average Bonchev–Trinajstić information content (AvgIpc) is 3.39. The number of alkyl halides is 3. The second-order valence-electron chi connectivity index (χ2n) is 8.85. The molecule has 0 aliphatic heterocycles. The minimum atomic E-state index is -4.96. The molecule has 0 saturated heterocycles. The van der Waals surface area contributed by atoms with Gasteiger partial charge in [-0.3, -0.25) is 9.59 Å². The number of carboxylic acid groups (broad SMARTS) is 1. The van der Waals surface area contributed by atoms with E-state index in [9.17, 15) is 27.6 Å². The Morgan fingerprint density at radius 3 is 2.17 bits per heavy atom. The number of benzene rings is 2. The van der Waals surface area contributed by atoms with Crippen LogP contribution in [-0.4, -0.2) is 48.4 Å². The number of hydrogen-bond acceptors (Lipinski definition) is 4. The first kappa shape index (κ1) is 24.6. The predicted octanol–water partition coefficient (Wildman–Crippen LogP) is 4.07. The zero-order valence-electron chi connectivity index (χ0n) is 18.7. The number of alkyl carbamates (subject to hydrolysis) is 1. The van der Waals surface area contributed by atoms with Crippen LogP contribution < -0.4 is 10.6 Å². The van der Waals surface area contributed by atoms with Gasteiger partial charge in [0.1, 0.15) is 6.61 Å². The van der Waals surface area contributed by atoms with Crippen molar-refractivity contribution in [1.29, 1.82) is 0 Å². The van der Waals surface area contributed by atoms with Crippen molar-refractivity contribution in [2.75, 3.05) is 13.2 Å². The van der Waals surface area contributed by atoms with Crippen LogP contribution >= 0.6 is 0 Å². The number of fused-ring (bicyclic) bond motifs is 3. The maximum Gasteiger partial charge on any atom is 0.407 e. The fraction of sp³-hybridized carbons (Fsp3) is 0.400. The Bertz CT molecular complexity index is 1070. The Kier molecular flexibility index (Phi) is 7.00. The van der Waals surface area contributed by atoms with Crippen molar-refractivity contribution in [2.45, 2.75) is 37.4 Å². The number of halogens is 3. The van der Waals surface area contributed by atoms with E-state index in [0.717, 1.165) is 22.3 Å². The van der Waals surface area contributed by atoms with Crippen molar-refractivity contribution in [1.82, 2.24) is 10.6 Å². The van der Waals surface area contributed by atoms with Crippen molar-refractivity contribution in [3.8, 4) is 11.1 Å². The standard InChI is InChI=1S/C25H25F3N2O5/c26-25(27,28)21(23(32)33)12-29-22(31)14-9-10-15(11-14)30-24(34)35-13-20-18-7-3-1-5-16(18)17-6-2-4-8-19(17)20/h1-8,14-15,20-21H,9-13H2,(H,29,31)(H,30,34)(H,32,33). The van der Waals surface area contributed by atoms with E-state index < -0.39 is 42.5 Å². The summed E-state index contributed by atoms with van der Waals surface area (Å²) in [6.07, 6.45) is -4.52. The molecule has 2 amide bonds. The molecule has 186 valence electrons. The Hall–Kier alpha value is -3.56. The van der Waals surface area contributed by atoms with Crippen molar-refractivity contribution < 1.29 is 37.4 Å². The van der Waals surface area contributed by atoms with E-state index in [2.05, 4.69) is 10.6 Å². The van der Waals surface area contributed by atoms with Gasteiger partial charge in [0.25, 0.3) is 0 Å². The molecular formula is C25H25F3N2O5. The number of carbonyl (C=O) groups excluding carboxylic acids is 2. The number of rotatable bonds is 7. The molecule has 1 fully saturated rings. The van der Waals surface area contributed by atoms with E-state index in [4.69, 9.17) is 9.84 Å². The minimum absolute atomic E-state index is 0.0916. The fourth-order valence-corrected chi connectivity index (χ4v) is 4.85. The molecule has 7 nitrogen and oxygen atoms in total. The molecule has 2 aromatic rings. The van der Waals surface area contributed by atoms with Gasteiger partial charge in [-0.2, -0.15) is 13.2 Å². The van der Waals surface area contributed by atoms with Crippen LogP contribution in [0, 0.1) is 11.8 Å². The lowest BCUT2D eigenvalue weighted by molar-refractivity contribution is -0.192. The molecule has 3 unspecified atom stereocenters. The van der Waals surface area contributed by atoms with Crippen LogP contribution in [0.3, 0.4) is 0 Å². The Morgan fingerprint density at radius 2 is 1.60 bits per heavy atom. The molecule has 3 atom stereocenters. The monoisotopic (exact) mass is 490 g/mol. The second kappa shape index (κ2) is 9.97. The molecule has 0 bridgehead atoms. The number of nitrogens with one attached hydrogen (secondary N) is 2. The molecule has 0 radical (unpaired) electrons. The number of aliphatic carboxylic acids is 1. The second-order valence-corrected chi connectivity index (χ2v) is 8.85. The summed E-state index contributed by atoms with van der Waals surface area (Å²) in [5, 5.41) is 13.5. The third-order valence-corrected chi connectivity index (χ3v) is 6.64. The highest BCUT2D eigenvalue weighted by Gasteiger charge is 2.45. The van der Waals surface area contributed by atoms with Gasteiger partial charge in [0, 0.05) is 24.4 Å². The van der Waals surface area contributed by atoms with Crippen LogP contribution in [0.25, 0.3) is 11.1 Å². The molecule has 0 aromatic heterocycles. The summed E-state index contributed by atoms with van der Waals surface area (Å²) in [5.74, 6) is -6.07. The molecule has 0 heterocycles. The highest BCUT2D eigenvalue weighted by molar-refractivity contribution is 5.81. The van der Waals surface area contributed by atoms with Gasteiger partial charge >= 0.3 is 18.2 Å². The van der Waals surface area contributed by atoms with Crippen molar-refractivity contribution in [2.24, 2.45) is 11.8 Å². The van der Waals surface area contributed by atoms with Crippen molar-refractivity contribution in [3.05, 3.63) is 59.7 Å². The molecule has 2 aromatic carbocycles. The molecule has 10 heteroatoms. The predicted molar refractivity (Wildman–Crippen MR) is 120 cm³/mol. The first-order valence-electron chi connectivity index (χ1n) is 11.3. The van der Waals surface area contributed by atoms with E-state index in [-0.39, 0.29) is 25.0 Å². The van der Waals surface area contributed by atoms with E-state index in [1.165, 1.54) is 0 Å². The molecule has 1 saturated carbocycles. The summed E-state index contributed by atoms with van der Waals surface area (Å²) >= 11 is 0. The molecular weight excluding hydrogens is 465 g/mol. The van der Waals surface area contributed by atoms with Gasteiger partial charge in [0.2, 0.25) is 5.91 Å². The molecule has 4 rings (SSSR count). The van der Waals surface area contributed by atoms with Crippen LogP contribution in [0.4, 0.5) is 18.0 Å². The normalized spacial score (nSPS) is 20.0. The summed E-state index contributed by atoms with van der Waals surface area (Å²) in [4.78, 5) is 35.5. The van der Waals surface area contributed by atoms with Gasteiger partial charge in [-0.25, -0.2) is 4.79 Å². The molecule has 2 aliphatic carbocycles. The lowest BCUT2D eigenvalue weighted by atomic mass is 9.98. The smallest absolute Gasteiger partial charge is 0.407 e. The quantitative estimate of drug-likeness (QED) is 0.543. The van der Waals surface area contributed by atoms with Crippen LogP contribution in [0.1, 0.15) is 36.3 Å². The fourth-order valence-electron chi connectivity index (χ4n) is 4.85. The largest absolute Gasteiger partial charge is 0.481 e. The van der Waals surface area contributed by atoms with E-state index in [1.807, 2.05) is 48.5 Å². The summed E-state index contributed by atoms with van der Waals surface area (Å²) in [5.41, 5.74) is 4.38. The van der Waals surface area contributed by atoms with E-state index in [1.54, 1.807) is 0 Å². The topological polar surface area (TPSA) is 105 Å². The zero-order valence-corrected chi connectivity index (χ0v) is 18.7. The zero-order chi connectivity index (χ0) is 25.2. The Morgan fingerprint density at radius 1 is 1.00 bits per heavy atom. The summed E-state index contributed by atoms with van der Waals surface area (Å²) < 4.78 is 43.8. The molecule has 3 N–H and O–H groups in total. The first-order valence-corrected chi connectivity index (χ1v) is 11.3. The number of carbonyl (C=O) groups is 3. The van der Waals surface area contributed by atoms with E-state index >= 15 is 0 Å². The molecule has 2 aliphatic rings. The highest BCUT2D eigenvalue weighted by Crippen LogP contribution is 2.44. The SMILES string of the molecule is O=C(NC1CCC(C(=O)NCC(C(=O)O)C(F)(F)F)C1)OCC1c2ccccc2-c2ccccc21. The van der Waals surface area contributed by atoms with Gasteiger partial charge in [0.05, 0.1) is 0 Å². The van der Waals surface area contributed by atoms with Crippen LogP contribution in [0.15, 0.2) is 48.5 Å². The molecule has 0 spiro atoms. The number of ether oxygens (including phenoxy) is 1. The minimum Gasteiger partial charge on any atom is -0.481 e.